The minimum atomic E-state index is -1.47. The van der Waals surface area contributed by atoms with Crippen LogP contribution in [0.3, 0.4) is 0 Å². The fraction of sp³-hybridized carbons (Fsp3) is 0.368. The Bertz CT molecular complexity index is 1890. The number of aliphatic carboxylic acids is 1. The molecule has 54 heavy (non-hydrogen) atoms. The van der Waals surface area contributed by atoms with Crippen LogP contribution >= 0.6 is 0 Å². The molecule has 5 amide bonds. The van der Waals surface area contributed by atoms with E-state index in [1.807, 2.05) is 55.7 Å². The Kier molecular flexibility index (Phi) is 13.6. The number of aliphatic hydroxyl groups excluding tert-OH is 1. The van der Waals surface area contributed by atoms with Crippen molar-refractivity contribution in [2.75, 3.05) is 26.2 Å². The lowest BCUT2D eigenvalue weighted by Crippen LogP contribution is -2.51. The summed E-state index contributed by atoms with van der Waals surface area (Å²) in [5, 5.41) is 24.5. The highest BCUT2D eigenvalue weighted by Gasteiger charge is 2.38. The zero-order valence-corrected chi connectivity index (χ0v) is 30.1. The van der Waals surface area contributed by atoms with Crippen LogP contribution in [-0.2, 0) is 35.3 Å². The van der Waals surface area contributed by atoms with E-state index in [0.29, 0.717) is 22.7 Å². The molecule has 0 radical (unpaired) electrons. The van der Waals surface area contributed by atoms with Gasteiger partial charge in [0.05, 0.1) is 12.1 Å². The van der Waals surface area contributed by atoms with Crippen molar-refractivity contribution in [3.8, 4) is 11.1 Å². The molecule has 0 saturated heterocycles. The molecule has 4 rings (SSSR count). The number of nitrogens with two attached hydrogens (primary N) is 1. The molecule has 3 atom stereocenters. The Hall–Kier alpha value is -5.74. The molecule has 2 aromatic carbocycles. The maximum Gasteiger partial charge on any atom is 0.326 e. The van der Waals surface area contributed by atoms with E-state index in [4.69, 9.17) is 5.73 Å². The number of hydrogen-bond acceptors (Lipinski definition) is 8. The van der Waals surface area contributed by atoms with Crippen LogP contribution in [0.25, 0.3) is 11.1 Å². The third-order valence-electron chi connectivity index (χ3n) is 8.82. The zero-order chi connectivity index (χ0) is 39.7. The summed E-state index contributed by atoms with van der Waals surface area (Å²) >= 11 is 0. The van der Waals surface area contributed by atoms with Gasteiger partial charge in [0.15, 0.2) is 0 Å². The van der Waals surface area contributed by atoms with Gasteiger partial charge in [-0.15, -0.1) is 0 Å². The van der Waals surface area contributed by atoms with Crippen LogP contribution < -0.4 is 16.4 Å². The van der Waals surface area contributed by atoms with Gasteiger partial charge in [0.2, 0.25) is 17.7 Å². The molecule has 16 heteroatoms. The number of carbonyl (C=O) groups is 6. The molecule has 1 aliphatic heterocycles. The molecule has 6 N–H and O–H groups in total. The van der Waals surface area contributed by atoms with Crippen molar-refractivity contribution in [1.82, 2.24) is 25.0 Å². The van der Waals surface area contributed by atoms with Crippen LogP contribution in [0.1, 0.15) is 50.9 Å². The van der Waals surface area contributed by atoms with Crippen molar-refractivity contribution in [2.24, 2.45) is 11.1 Å². The first kappa shape index (κ1) is 41.0. The molecule has 0 aliphatic carbocycles. The summed E-state index contributed by atoms with van der Waals surface area (Å²) in [4.78, 5) is 76.2. The second kappa shape index (κ2) is 17.9. The molecular formula is C38H44F2N6O8. The Morgan fingerprint density at radius 3 is 2.24 bits per heavy atom. The number of rotatable bonds is 17. The van der Waals surface area contributed by atoms with E-state index in [-0.39, 0.29) is 31.5 Å². The molecule has 14 nitrogen and oxygen atoms in total. The lowest BCUT2D eigenvalue weighted by molar-refractivity contribution is -0.142. The van der Waals surface area contributed by atoms with Gasteiger partial charge in [-0.25, -0.2) is 13.6 Å². The molecule has 1 aliphatic rings. The second-order valence-electron chi connectivity index (χ2n) is 13.9. The van der Waals surface area contributed by atoms with Crippen molar-refractivity contribution in [3.05, 3.63) is 95.8 Å². The highest BCUT2D eigenvalue weighted by atomic mass is 19.1. The summed E-state index contributed by atoms with van der Waals surface area (Å²) in [5.41, 5.74) is 7.26. The van der Waals surface area contributed by atoms with Crippen LogP contribution in [0.2, 0.25) is 0 Å². The number of benzene rings is 2. The van der Waals surface area contributed by atoms with E-state index in [0.717, 1.165) is 35.9 Å². The van der Waals surface area contributed by atoms with Gasteiger partial charge in [-0.3, -0.25) is 28.9 Å². The van der Waals surface area contributed by atoms with E-state index in [9.17, 15) is 43.4 Å². The number of carboxylic acids is 1. The van der Waals surface area contributed by atoms with Gasteiger partial charge in [0.1, 0.15) is 30.8 Å². The number of amides is 5. The fourth-order valence-corrected chi connectivity index (χ4v) is 6.19. The average molecular weight is 751 g/mol. The molecule has 2 heterocycles. The predicted octanol–water partition coefficient (Wildman–Crippen LogP) is 2.11. The Morgan fingerprint density at radius 1 is 0.963 bits per heavy atom. The number of aromatic nitrogens is 1. The van der Waals surface area contributed by atoms with E-state index in [1.165, 1.54) is 4.90 Å². The van der Waals surface area contributed by atoms with E-state index >= 15 is 4.39 Å². The number of aliphatic hydroxyl groups is 1. The van der Waals surface area contributed by atoms with Crippen LogP contribution in [0.15, 0.2) is 72.9 Å². The largest absolute Gasteiger partial charge is 0.480 e. The minimum absolute atomic E-state index is 0.0103. The fourth-order valence-electron chi connectivity index (χ4n) is 6.19. The van der Waals surface area contributed by atoms with Gasteiger partial charge in [0.25, 0.3) is 11.8 Å². The first-order valence-electron chi connectivity index (χ1n) is 17.2. The highest BCUT2D eigenvalue weighted by molar-refractivity contribution is 6.14. The van der Waals surface area contributed by atoms with Crippen molar-refractivity contribution in [2.45, 2.75) is 58.3 Å². The molecule has 288 valence electrons. The number of carbonyl (C=O) groups excluding carboxylic acids is 5. The number of nitrogens with zero attached hydrogens (tertiary/aromatic N) is 3. The number of imide groups is 1. The normalized spacial score (nSPS) is 14.5. The third kappa shape index (κ3) is 10.4. The number of carboxylic acid groups (broad SMARTS) is 1. The van der Waals surface area contributed by atoms with Crippen molar-refractivity contribution < 1.29 is 47.8 Å². The zero-order valence-electron chi connectivity index (χ0n) is 30.1. The minimum Gasteiger partial charge on any atom is -0.480 e. The molecular weight excluding hydrogens is 706 g/mol. The number of hydrogen-bond donors (Lipinski definition) is 5. The molecule has 0 fully saturated rings. The van der Waals surface area contributed by atoms with Crippen LogP contribution in [-0.4, -0.2) is 98.4 Å². The number of halogens is 2. The molecule has 1 aromatic heterocycles. The second-order valence-corrected chi connectivity index (χ2v) is 13.9. The third-order valence-corrected chi connectivity index (χ3v) is 8.82. The van der Waals surface area contributed by atoms with Crippen LogP contribution in [0.4, 0.5) is 8.78 Å². The average Bonchev–Trinajstić information content (AvgIpc) is 3.67. The standard InChI is InChI=1S/C38H44F2N6O8/c1-38(2,3)35(30-17-24(26-18-25(39)9-10-27(26)40)20-44(30)19-23-7-5-4-6-8-23)45(34(51)22-47)16-14-28(41)36(52)43-29(37(53)54)13-15-42-31(48)21-46-32(49)11-12-33(46)50/h4-12,17-18,20,28-29,35,47H,13-16,19,21-22,41H2,1-3H3,(H,42,48)(H,43,52)(H,53,54). The maximum absolute atomic E-state index is 15.0. The molecule has 0 saturated carbocycles. The summed E-state index contributed by atoms with van der Waals surface area (Å²) in [6.45, 7) is 4.05. The van der Waals surface area contributed by atoms with Gasteiger partial charge < -0.3 is 36.0 Å². The first-order chi connectivity index (χ1) is 25.5. The molecule has 3 unspecified atom stereocenters. The van der Waals surface area contributed by atoms with Crippen molar-refractivity contribution in [3.63, 3.8) is 0 Å². The van der Waals surface area contributed by atoms with E-state index < -0.39 is 83.8 Å². The van der Waals surface area contributed by atoms with Crippen LogP contribution in [0.5, 0.6) is 0 Å². The summed E-state index contributed by atoms with van der Waals surface area (Å²) in [6, 6.07) is 10.5. The van der Waals surface area contributed by atoms with E-state index in [1.54, 1.807) is 12.3 Å². The Morgan fingerprint density at radius 2 is 1.63 bits per heavy atom. The van der Waals surface area contributed by atoms with E-state index in [2.05, 4.69) is 10.6 Å². The van der Waals surface area contributed by atoms with Gasteiger partial charge in [-0.2, -0.15) is 0 Å². The first-order valence-corrected chi connectivity index (χ1v) is 17.2. The summed E-state index contributed by atoms with van der Waals surface area (Å²) in [5.74, 6) is -6.26. The maximum atomic E-state index is 15.0. The van der Waals surface area contributed by atoms with Crippen molar-refractivity contribution in [1.29, 1.82) is 0 Å². The van der Waals surface area contributed by atoms with Crippen molar-refractivity contribution >= 4 is 35.5 Å². The van der Waals surface area contributed by atoms with Crippen LogP contribution in [0, 0.1) is 17.0 Å². The summed E-state index contributed by atoms with van der Waals surface area (Å²) < 4.78 is 31.1. The van der Waals surface area contributed by atoms with Gasteiger partial charge in [0, 0.05) is 54.8 Å². The SMILES string of the molecule is CC(C)(C)C(c1cc(-c2cc(F)ccc2F)cn1Cc1ccccc1)N(CCC(N)C(=O)NC(CCNC(=O)CN1C(=O)C=CC1=O)C(=O)O)C(=O)CO. The molecule has 0 spiro atoms. The predicted molar refractivity (Wildman–Crippen MR) is 192 cm³/mol. The quantitative estimate of drug-likeness (QED) is 0.128. The van der Waals surface area contributed by atoms with Gasteiger partial charge in [-0.1, -0.05) is 51.1 Å². The Labute approximate surface area is 310 Å². The molecule has 3 aromatic rings. The monoisotopic (exact) mass is 750 g/mol. The van der Waals surface area contributed by atoms with Gasteiger partial charge >= 0.3 is 5.97 Å². The smallest absolute Gasteiger partial charge is 0.326 e. The Balaban J connectivity index is 1.52. The van der Waals surface area contributed by atoms with Gasteiger partial charge in [-0.05, 0) is 48.1 Å². The summed E-state index contributed by atoms with van der Waals surface area (Å²) in [6.07, 6.45) is 3.29. The topological polar surface area (TPSA) is 204 Å². The lowest BCUT2D eigenvalue weighted by Gasteiger charge is -2.41. The number of nitrogens with one attached hydrogen (secondary N) is 2. The molecule has 0 bridgehead atoms. The summed E-state index contributed by atoms with van der Waals surface area (Å²) in [7, 11) is 0. The lowest BCUT2D eigenvalue weighted by atomic mass is 9.82. The highest BCUT2D eigenvalue weighted by Crippen LogP contribution is 2.41.